The molecule has 3 aromatic rings. The molecule has 4 rings (SSSR count). The number of hydrogen-bond donors (Lipinski definition) is 0. The normalized spacial score (nSPS) is 13.5. The molecule has 1 aliphatic rings. The maximum absolute atomic E-state index is 11.0. The van der Waals surface area contributed by atoms with Gasteiger partial charge in [-0.1, -0.05) is 42.5 Å². The molecule has 6 nitrogen and oxygen atoms in total. The Bertz CT molecular complexity index is 1040. The van der Waals surface area contributed by atoms with Gasteiger partial charge in [0.05, 0.1) is 12.0 Å². The minimum atomic E-state index is -0.350. The molecule has 0 fully saturated rings. The van der Waals surface area contributed by atoms with E-state index in [9.17, 15) is 10.1 Å². The number of nitro groups is 1. The molecule has 0 spiro atoms. The van der Waals surface area contributed by atoms with Gasteiger partial charge in [0.1, 0.15) is 6.61 Å². The summed E-state index contributed by atoms with van der Waals surface area (Å²) in [6, 6.07) is 21.0. The maximum atomic E-state index is 11.0. The number of non-ortho nitro benzene ring substituents is 1. The van der Waals surface area contributed by atoms with Gasteiger partial charge in [0, 0.05) is 31.8 Å². The van der Waals surface area contributed by atoms with Gasteiger partial charge in [-0.25, -0.2) is 0 Å². The third-order valence-electron chi connectivity index (χ3n) is 5.34. The van der Waals surface area contributed by atoms with Crippen molar-refractivity contribution in [3.05, 3.63) is 99.1 Å². The Hall–Kier alpha value is -3.38. The van der Waals surface area contributed by atoms with E-state index in [2.05, 4.69) is 17.0 Å². The highest BCUT2D eigenvalue weighted by Crippen LogP contribution is 2.34. The molecule has 0 amide bonds. The van der Waals surface area contributed by atoms with Crippen molar-refractivity contribution in [1.82, 2.24) is 4.90 Å². The van der Waals surface area contributed by atoms with E-state index in [1.807, 2.05) is 36.4 Å². The number of rotatable bonds is 7. The van der Waals surface area contributed by atoms with Crippen LogP contribution in [0.2, 0.25) is 0 Å². The van der Waals surface area contributed by atoms with Gasteiger partial charge in [0.25, 0.3) is 5.69 Å². The summed E-state index contributed by atoms with van der Waals surface area (Å²) in [6.07, 6.45) is 0.899. The first-order valence-electron chi connectivity index (χ1n) is 9.94. The van der Waals surface area contributed by atoms with E-state index < -0.39 is 0 Å². The molecule has 154 valence electrons. The first-order valence-corrected chi connectivity index (χ1v) is 9.94. The fraction of sp³-hybridized carbons (Fsp3) is 0.250. The van der Waals surface area contributed by atoms with Gasteiger partial charge in [0.2, 0.25) is 0 Å². The molecule has 0 unspecified atom stereocenters. The van der Waals surface area contributed by atoms with Crippen molar-refractivity contribution in [3.8, 4) is 11.5 Å². The van der Waals surface area contributed by atoms with E-state index in [1.165, 1.54) is 17.2 Å². The van der Waals surface area contributed by atoms with Crippen LogP contribution in [-0.2, 0) is 26.1 Å². The molecule has 1 aliphatic heterocycles. The fourth-order valence-electron chi connectivity index (χ4n) is 3.79. The predicted molar refractivity (Wildman–Crippen MR) is 115 cm³/mol. The van der Waals surface area contributed by atoms with Crippen molar-refractivity contribution < 1.29 is 14.4 Å². The standard InChI is InChI=1S/C24H24N2O4/c1-29-23-14-21-16-25(15-19-8-5-9-22(12-19)26(27)28)11-10-20(21)13-24(23)30-17-18-6-3-2-4-7-18/h2-9,12-14H,10-11,15-17H2,1H3. The predicted octanol–water partition coefficient (Wildman–Crippen LogP) is 4.74. The van der Waals surface area contributed by atoms with Crippen molar-refractivity contribution in [2.75, 3.05) is 13.7 Å². The number of benzene rings is 3. The van der Waals surface area contributed by atoms with Crippen LogP contribution in [0.25, 0.3) is 0 Å². The summed E-state index contributed by atoms with van der Waals surface area (Å²) in [5.74, 6) is 1.48. The molecule has 0 saturated carbocycles. The lowest BCUT2D eigenvalue weighted by Gasteiger charge is -2.29. The number of nitro benzene ring substituents is 1. The van der Waals surface area contributed by atoms with Crippen LogP contribution in [0.5, 0.6) is 11.5 Å². The Labute approximate surface area is 175 Å². The topological polar surface area (TPSA) is 64.8 Å². The zero-order valence-electron chi connectivity index (χ0n) is 16.9. The average Bonchev–Trinajstić information content (AvgIpc) is 2.78. The molecule has 0 atom stereocenters. The number of fused-ring (bicyclic) bond motifs is 1. The van der Waals surface area contributed by atoms with Gasteiger partial charge in [0.15, 0.2) is 11.5 Å². The van der Waals surface area contributed by atoms with Crippen LogP contribution in [0.15, 0.2) is 66.7 Å². The lowest BCUT2D eigenvalue weighted by Crippen LogP contribution is -2.30. The minimum Gasteiger partial charge on any atom is -0.493 e. The molecule has 3 aromatic carbocycles. The Morgan fingerprint density at radius 1 is 0.967 bits per heavy atom. The summed E-state index contributed by atoms with van der Waals surface area (Å²) in [5, 5.41) is 11.0. The Morgan fingerprint density at radius 3 is 2.50 bits per heavy atom. The molecule has 0 N–H and O–H groups in total. The summed E-state index contributed by atoms with van der Waals surface area (Å²) in [4.78, 5) is 13.0. The highest BCUT2D eigenvalue weighted by Gasteiger charge is 2.20. The number of nitrogens with zero attached hydrogens (tertiary/aromatic N) is 2. The molecule has 6 heteroatoms. The second-order valence-electron chi connectivity index (χ2n) is 7.43. The average molecular weight is 404 g/mol. The Balaban J connectivity index is 1.47. The second-order valence-corrected chi connectivity index (χ2v) is 7.43. The van der Waals surface area contributed by atoms with Gasteiger partial charge in [-0.05, 0) is 40.8 Å². The number of hydrogen-bond acceptors (Lipinski definition) is 5. The fourth-order valence-corrected chi connectivity index (χ4v) is 3.79. The first-order chi connectivity index (χ1) is 14.6. The van der Waals surface area contributed by atoms with Crippen LogP contribution in [-0.4, -0.2) is 23.5 Å². The second kappa shape index (κ2) is 8.97. The molecule has 0 aliphatic carbocycles. The lowest BCUT2D eigenvalue weighted by atomic mass is 9.98. The quantitative estimate of drug-likeness (QED) is 0.420. The van der Waals surface area contributed by atoms with Crippen LogP contribution in [0.3, 0.4) is 0 Å². The molecule has 0 radical (unpaired) electrons. The summed E-state index contributed by atoms with van der Waals surface area (Å²) < 4.78 is 11.6. The SMILES string of the molecule is COc1cc2c(cc1OCc1ccccc1)CCN(Cc1cccc([N+](=O)[O-])c1)C2. The van der Waals surface area contributed by atoms with Crippen LogP contribution in [0.1, 0.15) is 22.3 Å². The van der Waals surface area contributed by atoms with Gasteiger partial charge in [-0.2, -0.15) is 0 Å². The summed E-state index contributed by atoms with van der Waals surface area (Å²) in [7, 11) is 1.65. The van der Waals surface area contributed by atoms with E-state index >= 15 is 0 Å². The molecular weight excluding hydrogens is 380 g/mol. The molecular formula is C24H24N2O4. The first kappa shape index (κ1) is 19.9. The molecule has 0 aromatic heterocycles. The Morgan fingerprint density at radius 2 is 1.73 bits per heavy atom. The van der Waals surface area contributed by atoms with E-state index in [0.717, 1.165) is 42.1 Å². The van der Waals surface area contributed by atoms with Crippen molar-refractivity contribution in [2.24, 2.45) is 0 Å². The van der Waals surface area contributed by atoms with Crippen molar-refractivity contribution in [2.45, 2.75) is 26.1 Å². The summed E-state index contributed by atoms with van der Waals surface area (Å²) in [5.41, 5.74) is 4.65. The summed E-state index contributed by atoms with van der Waals surface area (Å²) in [6.45, 7) is 2.83. The largest absolute Gasteiger partial charge is 0.493 e. The van der Waals surface area contributed by atoms with Crippen molar-refractivity contribution >= 4 is 5.69 Å². The van der Waals surface area contributed by atoms with E-state index in [-0.39, 0.29) is 10.6 Å². The zero-order chi connectivity index (χ0) is 20.9. The maximum Gasteiger partial charge on any atom is 0.269 e. The van der Waals surface area contributed by atoms with Gasteiger partial charge < -0.3 is 9.47 Å². The molecule has 0 bridgehead atoms. The van der Waals surface area contributed by atoms with Gasteiger partial charge in [-0.15, -0.1) is 0 Å². The number of ether oxygens (including phenoxy) is 2. The van der Waals surface area contributed by atoms with Gasteiger partial charge >= 0.3 is 0 Å². The van der Waals surface area contributed by atoms with E-state index in [1.54, 1.807) is 19.2 Å². The highest BCUT2D eigenvalue weighted by atomic mass is 16.6. The number of methoxy groups -OCH3 is 1. The minimum absolute atomic E-state index is 0.131. The zero-order valence-corrected chi connectivity index (χ0v) is 16.9. The molecule has 1 heterocycles. The Kier molecular flexibility index (Phi) is 5.95. The van der Waals surface area contributed by atoms with E-state index in [0.29, 0.717) is 13.2 Å². The smallest absolute Gasteiger partial charge is 0.269 e. The van der Waals surface area contributed by atoms with Crippen LogP contribution in [0.4, 0.5) is 5.69 Å². The summed E-state index contributed by atoms with van der Waals surface area (Å²) >= 11 is 0. The van der Waals surface area contributed by atoms with Crippen LogP contribution < -0.4 is 9.47 Å². The van der Waals surface area contributed by atoms with E-state index in [4.69, 9.17) is 9.47 Å². The monoisotopic (exact) mass is 404 g/mol. The van der Waals surface area contributed by atoms with Crippen LogP contribution in [0, 0.1) is 10.1 Å². The van der Waals surface area contributed by atoms with Crippen molar-refractivity contribution in [3.63, 3.8) is 0 Å². The van der Waals surface area contributed by atoms with Gasteiger partial charge in [-0.3, -0.25) is 15.0 Å². The van der Waals surface area contributed by atoms with Crippen LogP contribution >= 0.6 is 0 Å². The third-order valence-corrected chi connectivity index (χ3v) is 5.34. The third kappa shape index (κ3) is 4.60. The highest BCUT2D eigenvalue weighted by molar-refractivity contribution is 5.48. The molecule has 0 saturated heterocycles. The van der Waals surface area contributed by atoms with Crippen molar-refractivity contribution in [1.29, 1.82) is 0 Å². The molecule has 30 heavy (non-hydrogen) atoms. The lowest BCUT2D eigenvalue weighted by molar-refractivity contribution is -0.384.